The van der Waals surface area contributed by atoms with E-state index in [0.717, 1.165) is 18.4 Å². The molecule has 0 heterocycles. The van der Waals surface area contributed by atoms with Gasteiger partial charge in [-0.25, -0.2) is 4.39 Å². The Morgan fingerprint density at radius 1 is 1.50 bits per heavy atom. The summed E-state index contributed by atoms with van der Waals surface area (Å²) in [6.07, 6.45) is 1.98. The van der Waals surface area contributed by atoms with Crippen molar-refractivity contribution in [3.05, 3.63) is 35.6 Å². The SMILES string of the molecule is COCC(CO)NC1CC(c2cccc(F)c2)C1. The van der Waals surface area contributed by atoms with Crippen molar-refractivity contribution in [2.75, 3.05) is 20.3 Å². The van der Waals surface area contributed by atoms with Crippen LogP contribution in [0.15, 0.2) is 24.3 Å². The van der Waals surface area contributed by atoms with Gasteiger partial charge in [0, 0.05) is 13.2 Å². The first-order chi connectivity index (χ1) is 8.72. The summed E-state index contributed by atoms with van der Waals surface area (Å²) in [7, 11) is 1.63. The average Bonchev–Trinajstić information content (AvgIpc) is 2.31. The van der Waals surface area contributed by atoms with E-state index < -0.39 is 0 Å². The highest BCUT2D eigenvalue weighted by atomic mass is 19.1. The predicted molar refractivity (Wildman–Crippen MR) is 68.0 cm³/mol. The molecule has 2 rings (SSSR count). The third-order valence-corrected chi connectivity index (χ3v) is 3.52. The van der Waals surface area contributed by atoms with Crippen molar-refractivity contribution < 1.29 is 14.2 Å². The van der Waals surface area contributed by atoms with Crippen molar-refractivity contribution in [3.63, 3.8) is 0 Å². The number of aliphatic hydroxyl groups is 1. The van der Waals surface area contributed by atoms with E-state index in [1.807, 2.05) is 6.07 Å². The zero-order valence-corrected chi connectivity index (χ0v) is 10.6. The highest BCUT2D eigenvalue weighted by Gasteiger charge is 2.31. The number of halogens is 1. The predicted octanol–water partition coefficient (Wildman–Crippen LogP) is 1.67. The maximum absolute atomic E-state index is 13.1. The first-order valence-electron chi connectivity index (χ1n) is 6.34. The number of nitrogens with one attached hydrogen (secondary N) is 1. The first kappa shape index (κ1) is 13.5. The minimum atomic E-state index is -0.170. The van der Waals surface area contributed by atoms with Crippen LogP contribution >= 0.6 is 0 Å². The van der Waals surface area contributed by atoms with Gasteiger partial charge in [0.15, 0.2) is 0 Å². The van der Waals surface area contributed by atoms with Crippen molar-refractivity contribution in [2.24, 2.45) is 0 Å². The number of rotatable bonds is 6. The second-order valence-electron chi connectivity index (χ2n) is 4.92. The van der Waals surface area contributed by atoms with Gasteiger partial charge in [-0.2, -0.15) is 0 Å². The maximum Gasteiger partial charge on any atom is 0.123 e. The first-order valence-corrected chi connectivity index (χ1v) is 6.34. The second kappa shape index (κ2) is 6.27. The molecule has 0 saturated heterocycles. The van der Waals surface area contributed by atoms with Gasteiger partial charge in [-0.3, -0.25) is 0 Å². The van der Waals surface area contributed by atoms with Crippen LogP contribution in [0.1, 0.15) is 24.3 Å². The molecule has 1 saturated carbocycles. The fraction of sp³-hybridized carbons (Fsp3) is 0.571. The van der Waals surface area contributed by atoms with E-state index in [9.17, 15) is 4.39 Å². The Hall–Kier alpha value is -0.970. The van der Waals surface area contributed by atoms with Gasteiger partial charge in [0.05, 0.1) is 19.3 Å². The van der Waals surface area contributed by atoms with Crippen LogP contribution in [0.5, 0.6) is 0 Å². The number of methoxy groups -OCH3 is 1. The molecule has 3 nitrogen and oxygen atoms in total. The summed E-state index contributed by atoms with van der Waals surface area (Å²) in [5, 5.41) is 12.5. The molecule has 100 valence electrons. The molecule has 0 aliphatic heterocycles. The summed E-state index contributed by atoms with van der Waals surface area (Å²) in [5.41, 5.74) is 1.07. The van der Waals surface area contributed by atoms with Crippen molar-refractivity contribution >= 4 is 0 Å². The van der Waals surface area contributed by atoms with Crippen LogP contribution in [-0.4, -0.2) is 37.5 Å². The summed E-state index contributed by atoms with van der Waals surface area (Å²) in [4.78, 5) is 0. The summed E-state index contributed by atoms with van der Waals surface area (Å²) in [6.45, 7) is 0.590. The van der Waals surface area contributed by atoms with E-state index in [2.05, 4.69) is 5.32 Å². The summed E-state index contributed by atoms with van der Waals surface area (Å²) >= 11 is 0. The molecular weight excluding hydrogens is 233 g/mol. The molecule has 0 spiro atoms. The van der Waals surface area contributed by atoms with E-state index in [1.54, 1.807) is 19.2 Å². The van der Waals surface area contributed by atoms with Gasteiger partial charge in [0.2, 0.25) is 0 Å². The van der Waals surface area contributed by atoms with Crippen LogP contribution in [0.4, 0.5) is 4.39 Å². The van der Waals surface area contributed by atoms with E-state index >= 15 is 0 Å². The smallest absolute Gasteiger partial charge is 0.123 e. The third kappa shape index (κ3) is 3.28. The van der Waals surface area contributed by atoms with Gasteiger partial charge in [-0.15, -0.1) is 0 Å². The normalized spacial score (nSPS) is 24.6. The molecule has 0 amide bonds. The van der Waals surface area contributed by atoms with Crippen LogP contribution < -0.4 is 5.32 Å². The lowest BCUT2D eigenvalue weighted by atomic mass is 9.75. The third-order valence-electron chi connectivity index (χ3n) is 3.52. The van der Waals surface area contributed by atoms with Crippen LogP contribution in [0.2, 0.25) is 0 Å². The van der Waals surface area contributed by atoms with Crippen molar-refractivity contribution in [3.8, 4) is 0 Å². The van der Waals surface area contributed by atoms with Gasteiger partial charge in [0.1, 0.15) is 5.82 Å². The minimum Gasteiger partial charge on any atom is -0.395 e. The van der Waals surface area contributed by atoms with Crippen molar-refractivity contribution in [1.82, 2.24) is 5.32 Å². The van der Waals surface area contributed by atoms with Gasteiger partial charge >= 0.3 is 0 Å². The number of hydrogen-bond acceptors (Lipinski definition) is 3. The molecule has 2 N–H and O–H groups in total. The molecular formula is C14H20FNO2. The lowest BCUT2D eigenvalue weighted by Crippen LogP contribution is -2.48. The molecule has 0 aromatic heterocycles. The summed E-state index contributed by atoms with van der Waals surface area (Å²) in [6, 6.07) is 7.20. The molecule has 4 heteroatoms. The number of hydrogen-bond donors (Lipinski definition) is 2. The fourth-order valence-corrected chi connectivity index (χ4v) is 2.47. The molecule has 1 atom stereocenters. The van der Waals surface area contributed by atoms with Gasteiger partial charge in [-0.05, 0) is 36.5 Å². The highest BCUT2D eigenvalue weighted by molar-refractivity contribution is 5.23. The molecule has 1 aliphatic rings. The highest BCUT2D eigenvalue weighted by Crippen LogP contribution is 2.37. The Balaban J connectivity index is 1.80. The molecule has 0 bridgehead atoms. The summed E-state index contributed by atoms with van der Waals surface area (Å²) in [5.74, 6) is 0.261. The number of aliphatic hydroxyl groups excluding tert-OH is 1. The van der Waals surface area contributed by atoms with Crippen LogP contribution in [0.3, 0.4) is 0 Å². The molecule has 18 heavy (non-hydrogen) atoms. The Bertz CT molecular complexity index is 380. The Morgan fingerprint density at radius 3 is 2.89 bits per heavy atom. The van der Waals surface area contributed by atoms with Crippen molar-refractivity contribution in [1.29, 1.82) is 0 Å². The van der Waals surface area contributed by atoms with Gasteiger partial charge in [-0.1, -0.05) is 12.1 Å². The number of ether oxygens (including phenoxy) is 1. The van der Waals surface area contributed by atoms with E-state index in [4.69, 9.17) is 9.84 Å². The van der Waals surface area contributed by atoms with E-state index in [0.29, 0.717) is 18.6 Å². The van der Waals surface area contributed by atoms with Gasteiger partial charge in [0.25, 0.3) is 0 Å². The Labute approximate surface area is 107 Å². The largest absolute Gasteiger partial charge is 0.395 e. The standard InChI is InChI=1S/C14H20FNO2/c1-18-9-14(8-17)16-13-6-11(7-13)10-3-2-4-12(15)5-10/h2-5,11,13-14,16-17H,6-9H2,1H3. The minimum absolute atomic E-state index is 0.00606. The molecule has 1 unspecified atom stereocenters. The van der Waals surface area contributed by atoms with E-state index in [1.165, 1.54) is 6.07 Å². The molecule has 0 radical (unpaired) electrons. The molecule has 1 fully saturated rings. The monoisotopic (exact) mass is 253 g/mol. The van der Waals surface area contributed by atoms with E-state index in [-0.39, 0.29) is 18.5 Å². The zero-order valence-electron chi connectivity index (χ0n) is 10.6. The van der Waals surface area contributed by atoms with Gasteiger partial charge < -0.3 is 15.2 Å². The lowest BCUT2D eigenvalue weighted by molar-refractivity contribution is 0.110. The van der Waals surface area contributed by atoms with Crippen LogP contribution in [0.25, 0.3) is 0 Å². The lowest BCUT2D eigenvalue weighted by Gasteiger charge is -2.38. The quantitative estimate of drug-likeness (QED) is 0.810. The molecule has 1 aromatic rings. The topological polar surface area (TPSA) is 41.5 Å². The molecule has 1 aliphatic carbocycles. The maximum atomic E-state index is 13.1. The summed E-state index contributed by atoms with van der Waals surface area (Å²) < 4.78 is 18.1. The Kier molecular flexibility index (Phi) is 4.69. The second-order valence-corrected chi connectivity index (χ2v) is 4.92. The molecule has 1 aromatic carbocycles. The van der Waals surface area contributed by atoms with Crippen LogP contribution in [-0.2, 0) is 4.74 Å². The fourth-order valence-electron chi connectivity index (χ4n) is 2.47. The van der Waals surface area contributed by atoms with Crippen molar-refractivity contribution in [2.45, 2.75) is 30.8 Å². The average molecular weight is 253 g/mol. The number of benzene rings is 1. The Morgan fingerprint density at radius 2 is 2.28 bits per heavy atom. The zero-order chi connectivity index (χ0) is 13.0. The van der Waals surface area contributed by atoms with Crippen LogP contribution in [0, 0.1) is 5.82 Å².